The Labute approximate surface area is 118 Å². The fourth-order valence-electron chi connectivity index (χ4n) is 2.16. The predicted molar refractivity (Wildman–Crippen MR) is 83.0 cm³/mol. The van der Waals surface area contributed by atoms with Crippen molar-refractivity contribution in [2.75, 3.05) is 6.54 Å². The highest BCUT2D eigenvalue weighted by molar-refractivity contribution is 7.21. The molecule has 0 saturated carbocycles. The number of thiophene rings is 1. The van der Waals surface area contributed by atoms with Gasteiger partial charge >= 0.3 is 0 Å². The van der Waals surface area contributed by atoms with E-state index in [4.69, 9.17) is 0 Å². The van der Waals surface area contributed by atoms with E-state index in [1.54, 1.807) is 11.3 Å². The second-order valence-electron chi connectivity index (χ2n) is 5.26. The Balaban J connectivity index is 2.35. The zero-order chi connectivity index (χ0) is 13.8. The summed E-state index contributed by atoms with van der Waals surface area (Å²) in [5.41, 5.74) is 1.21. The molecule has 0 atom stereocenters. The SMILES string of the molecule is CCCc1c(C(=O)NCC(C)C)sc2ccccc12. The first kappa shape index (κ1) is 14.1. The Morgan fingerprint density at radius 1 is 1.32 bits per heavy atom. The molecule has 1 aromatic carbocycles. The summed E-state index contributed by atoms with van der Waals surface area (Å²) in [5, 5.41) is 4.27. The Morgan fingerprint density at radius 2 is 2.05 bits per heavy atom. The van der Waals surface area contributed by atoms with E-state index in [9.17, 15) is 4.79 Å². The van der Waals surface area contributed by atoms with Gasteiger partial charge in [-0.2, -0.15) is 0 Å². The number of hydrogen-bond acceptors (Lipinski definition) is 2. The maximum Gasteiger partial charge on any atom is 0.261 e. The topological polar surface area (TPSA) is 29.1 Å². The minimum atomic E-state index is 0.0818. The maximum atomic E-state index is 12.3. The summed E-state index contributed by atoms with van der Waals surface area (Å²) in [5.74, 6) is 0.561. The summed E-state index contributed by atoms with van der Waals surface area (Å²) >= 11 is 1.61. The van der Waals surface area contributed by atoms with Crippen LogP contribution in [-0.2, 0) is 6.42 Å². The number of nitrogens with one attached hydrogen (secondary N) is 1. The minimum absolute atomic E-state index is 0.0818. The van der Waals surface area contributed by atoms with E-state index in [0.29, 0.717) is 5.92 Å². The molecule has 1 N–H and O–H groups in total. The summed E-state index contributed by atoms with van der Waals surface area (Å²) in [6.07, 6.45) is 2.03. The Kier molecular flexibility index (Phi) is 4.59. The summed E-state index contributed by atoms with van der Waals surface area (Å²) in [4.78, 5) is 13.2. The fourth-order valence-corrected chi connectivity index (χ4v) is 3.33. The van der Waals surface area contributed by atoms with Gasteiger partial charge in [0, 0.05) is 11.2 Å². The lowest BCUT2D eigenvalue weighted by atomic mass is 10.1. The van der Waals surface area contributed by atoms with Crippen molar-refractivity contribution in [1.82, 2.24) is 5.32 Å². The number of hydrogen-bond donors (Lipinski definition) is 1. The number of amides is 1. The Bertz CT molecular complexity index is 571. The van der Waals surface area contributed by atoms with Gasteiger partial charge < -0.3 is 5.32 Å². The number of benzene rings is 1. The lowest BCUT2D eigenvalue weighted by Crippen LogP contribution is -2.27. The van der Waals surface area contributed by atoms with E-state index >= 15 is 0 Å². The van der Waals surface area contributed by atoms with Crippen molar-refractivity contribution in [3.8, 4) is 0 Å². The van der Waals surface area contributed by atoms with Crippen LogP contribution in [-0.4, -0.2) is 12.5 Å². The Morgan fingerprint density at radius 3 is 2.74 bits per heavy atom. The first-order chi connectivity index (χ1) is 9.13. The molecule has 0 aliphatic rings. The maximum absolute atomic E-state index is 12.3. The van der Waals surface area contributed by atoms with Gasteiger partial charge in [0.2, 0.25) is 0 Å². The zero-order valence-corrected chi connectivity index (χ0v) is 12.6. The molecule has 2 aromatic rings. The van der Waals surface area contributed by atoms with Crippen LogP contribution >= 0.6 is 11.3 Å². The Hall–Kier alpha value is -1.35. The van der Waals surface area contributed by atoms with Crippen LogP contribution < -0.4 is 5.32 Å². The van der Waals surface area contributed by atoms with Crippen molar-refractivity contribution < 1.29 is 4.79 Å². The molecular weight excluding hydrogens is 254 g/mol. The zero-order valence-electron chi connectivity index (χ0n) is 11.8. The van der Waals surface area contributed by atoms with Crippen LogP contribution in [0.25, 0.3) is 10.1 Å². The summed E-state index contributed by atoms with van der Waals surface area (Å²) < 4.78 is 1.21. The van der Waals surface area contributed by atoms with E-state index in [1.807, 2.05) is 12.1 Å². The second kappa shape index (κ2) is 6.20. The van der Waals surface area contributed by atoms with Gasteiger partial charge in [-0.3, -0.25) is 4.79 Å². The largest absolute Gasteiger partial charge is 0.351 e. The van der Waals surface area contributed by atoms with Crippen LogP contribution in [0.4, 0.5) is 0 Å². The predicted octanol–water partition coefficient (Wildman–Crippen LogP) is 4.24. The third-order valence-corrected chi connectivity index (χ3v) is 4.29. The molecule has 0 fully saturated rings. The quantitative estimate of drug-likeness (QED) is 0.869. The molecular formula is C16H21NOS. The standard InChI is InChI=1S/C16H21NOS/c1-4-7-13-12-8-5-6-9-14(12)19-15(13)16(18)17-10-11(2)3/h5-6,8-9,11H,4,7,10H2,1-3H3,(H,17,18). The van der Waals surface area contributed by atoms with Gasteiger partial charge in [-0.05, 0) is 29.4 Å². The van der Waals surface area contributed by atoms with Gasteiger partial charge in [-0.25, -0.2) is 0 Å². The lowest BCUT2D eigenvalue weighted by molar-refractivity contribution is 0.0952. The third kappa shape index (κ3) is 3.16. The van der Waals surface area contributed by atoms with Crippen molar-refractivity contribution in [2.45, 2.75) is 33.6 Å². The molecule has 3 heteroatoms. The molecule has 0 bridgehead atoms. The molecule has 19 heavy (non-hydrogen) atoms. The van der Waals surface area contributed by atoms with Gasteiger partial charge in [0.25, 0.3) is 5.91 Å². The van der Waals surface area contributed by atoms with Crippen LogP contribution in [0.15, 0.2) is 24.3 Å². The van der Waals surface area contributed by atoms with Crippen molar-refractivity contribution in [3.63, 3.8) is 0 Å². The number of rotatable bonds is 5. The smallest absolute Gasteiger partial charge is 0.261 e. The normalized spacial score (nSPS) is 11.2. The number of carbonyl (C=O) groups excluding carboxylic acids is 1. The van der Waals surface area contributed by atoms with Gasteiger partial charge in [0.15, 0.2) is 0 Å². The molecule has 1 heterocycles. The highest BCUT2D eigenvalue weighted by Crippen LogP contribution is 2.32. The molecule has 2 rings (SSSR count). The van der Waals surface area contributed by atoms with Crippen LogP contribution in [0.2, 0.25) is 0 Å². The molecule has 102 valence electrons. The molecule has 0 aliphatic carbocycles. The average molecular weight is 275 g/mol. The highest BCUT2D eigenvalue weighted by Gasteiger charge is 2.17. The molecule has 1 amide bonds. The van der Waals surface area contributed by atoms with Crippen molar-refractivity contribution >= 4 is 27.3 Å². The number of carbonyl (C=O) groups is 1. The molecule has 0 unspecified atom stereocenters. The molecule has 0 radical (unpaired) electrons. The van der Waals surface area contributed by atoms with Crippen molar-refractivity contribution in [3.05, 3.63) is 34.7 Å². The third-order valence-electron chi connectivity index (χ3n) is 3.08. The van der Waals surface area contributed by atoms with Crippen molar-refractivity contribution in [1.29, 1.82) is 0 Å². The molecule has 0 aliphatic heterocycles. The molecule has 0 spiro atoms. The summed E-state index contributed by atoms with van der Waals surface area (Å²) in [6.45, 7) is 7.11. The summed E-state index contributed by atoms with van der Waals surface area (Å²) in [6, 6.07) is 8.29. The van der Waals surface area contributed by atoms with Crippen LogP contribution in [0.5, 0.6) is 0 Å². The second-order valence-corrected chi connectivity index (χ2v) is 6.31. The van der Waals surface area contributed by atoms with Crippen LogP contribution in [0.1, 0.15) is 42.4 Å². The van der Waals surface area contributed by atoms with Crippen LogP contribution in [0, 0.1) is 5.92 Å². The molecule has 1 aromatic heterocycles. The number of aryl methyl sites for hydroxylation is 1. The first-order valence-corrected chi connectivity index (χ1v) is 7.73. The van der Waals surface area contributed by atoms with E-state index in [0.717, 1.165) is 24.3 Å². The number of fused-ring (bicyclic) bond motifs is 1. The van der Waals surface area contributed by atoms with Gasteiger partial charge in [0.05, 0.1) is 4.88 Å². The minimum Gasteiger partial charge on any atom is -0.351 e. The molecule has 0 saturated heterocycles. The van der Waals surface area contributed by atoms with Crippen molar-refractivity contribution in [2.24, 2.45) is 5.92 Å². The van der Waals surface area contributed by atoms with Gasteiger partial charge in [-0.1, -0.05) is 45.4 Å². The average Bonchev–Trinajstić information content (AvgIpc) is 2.76. The van der Waals surface area contributed by atoms with E-state index in [-0.39, 0.29) is 5.91 Å². The van der Waals surface area contributed by atoms with Crippen LogP contribution in [0.3, 0.4) is 0 Å². The monoisotopic (exact) mass is 275 g/mol. The van der Waals surface area contributed by atoms with E-state index < -0.39 is 0 Å². The fraction of sp³-hybridized carbons (Fsp3) is 0.438. The lowest BCUT2D eigenvalue weighted by Gasteiger charge is -2.08. The van der Waals surface area contributed by atoms with Gasteiger partial charge in [-0.15, -0.1) is 11.3 Å². The van der Waals surface area contributed by atoms with E-state index in [1.165, 1.54) is 15.6 Å². The molecule has 2 nitrogen and oxygen atoms in total. The first-order valence-electron chi connectivity index (χ1n) is 6.92. The van der Waals surface area contributed by atoms with Gasteiger partial charge in [0.1, 0.15) is 0 Å². The highest BCUT2D eigenvalue weighted by atomic mass is 32.1. The van der Waals surface area contributed by atoms with E-state index in [2.05, 4.69) is 38.2 Å². The summed E-state index contributed by atoms with van der Waals surface area (Å²) in [7, 11) is 0.